The predicted octanol–water partition coefficient (Wildman–Crippen LogP) is 1.68. The van der Waals surface area contributed by atoms with Crippen LogP contribution < -0.4 is 5.32 Å². The Balaban J connectivity index is 1.82. The Morgan fingerprint density at radius 1 is 1.41 bits per heavy atom. The van der Waals surface area contributed by atoms with Crippen molar-refractivity contribution in [1.29, 1.82) is 0 Å². The summed E-state index contributed by atoms with van der Waals surface area (Å²) in [5.74, 6) is 0.538. The second-order valence-electron chi connectivity index (χ2n) is 3.84. The smallest absolute Gasteiger partial charge is 0.225 e. The first kappa shape index (κ1) is 11.3. The lowest BCUT2D eigenvalue weighted by atomic mass is 10.1. The van der Waals surface area contributed by atoms with Gasteiger partial charge in [0.05, 0.1) is 0 Å². The van der Waals surface area contributed by atoms with Gasteiger partial charge >= 0.3 is 0 Å². The molecule has 0 aliphatic heterocycles. The van der Waals surface area contributed by atoms with Crippen molar-refractivity contribution < 1.29 is 4.79 Å². The molecule has 0 saturated carbocycles. The predicted molar refractivity (Wildman–Crippen MR) is 64.5 cm³/mol. The van der Waals surface area contributed by atoms with Crippen LogP contribution in [0.5, 0.6) is 0 Å². The zero-order valence-electron chi connectivity index (χ0n) is 9.60. The summed E-state index contributed by atoms with van der Waals surface area (Å²) < 4.78 is 0. The molecule has 0 unspecified atom stereocenters. The van der Waals surface area contributed by atoms with E-state index in [9.17, 15) is 4.79 Å². The number of pyridine rings is 1. The molecule has 0 radical (unpaired) electrons. The van der Waals surface area contributed by atoms with Gasteiger partial charge < -0.3 is 5.32 Å². The summed E-state index contributed by atoms with van der Waals surface area (Å²) in [5, 5.41) is 9.45. The van der Waals surface area contributed by atoms with Crippen molar-refractivity contribution in [1.82, 2.24) is 15.2 Å². The van der Waals surface area contributed by atoms with Gasteiger partial charge in [0.1, 0.15) is 0 Å². The maximum Gasteiger partial charge on any atom is 0.225 e. The van der Waals surface area contributed by atoms with Gasteiger partial charge in [-0.2, -0.15) is 5.10 Å². The minimum absolute atomic E-state index is 0.0340. The number of anilines is 1. The molecule has 0 aliphatic rings. The molecule has 2 aromatic heterocycles. The fourth-order valence-corrected chi connectivity index (χ4v) is 1.49. The molecule has 0 aliphatic carbocycles. The zero-order chi connectivity index (χ0) is 12.1. The molecule has 2 rings (SSSR count). The number of carbonyl (C=O) groups is 1. The van der Waals surface area contributed by atoms with Crippen LogP contribution >= 0.6 is 0 Å². The van der Waals surface area contributed by atoms with Crippen molar-refractivity contribution in [3.8, 4) is 0 Å². The van der Waals surface area contributed by atoms with E-state index in [2.05, 4.69) is 20.5 Å². The molecule has 5 nitrogen and oxygen atoms in total. The number of aromatic nitrogens is 3. The van der Waals surface area contributed by atoms with E-state index in [0.29, 0.717) is 18.7 Å². The highest BCUT2D eigenvalue weighted by Crippen LogP contribution is 2.06. The van der Waals surface area contributed by atoms with E-state index in [1.807, 2.05) is 19.1 Å². The Morgan fingerprint density at radius 3 is 2.82 bits per heavy atom. The maximum atomic E-state index is 11.6. The van der Waals surface area contributed by atoms with Gasteiger partial charge in [-0.3, -0.25) is 14.9 Å². The summed E-state index contributed by atoms with van der Waals surface area (Å²) in [6.45, 7) is 1.89. The molecule has 0 aromatic carbocycles. The number of aromatic amines is 1. The van der Waals surface area contributed by atoms with Crippen LogP contribution in [-0.2, 0) is 11.2 Å². The number of hydrogen-bond acceptors (Lipinski definition) is 3. The lowest BCUT2D eigenvalue weighted by Crippen LogP contribution is -2.12. The number of nitrogens with zero attached hydrogens (tertiary/aromatic N) is 2. The third kappa shape index (κ3) is 3.41. The molecule has 17 heavy (non-hydrogen) atoms. The molecule has 2 heterocycles. The summed E-state index contributed by atoms with van der Waals surface area (Å²) in [6.07, 6.45) is 4.60. The van der Waals surface area contributed by atoms with E-state index in [4.69, 9.17) is 0 Å². The molecule has 0 saturated heterocycles. The fraction of sp³-hybridized carbons (Fsp3) is 0.250. The van der Waals surface area contributed by atoms with Crippen LogP contribution in [0.15, 0.2) is 30.6 Å². The van der Waals surface area contributed by atoms with Crippen molar-refractivity contribution in [3.05, 3.63) is 41.9 Å². The number of amides is 1. The van der Waals surface area contributed by atoms with Gasteiger partial charge in [0, 0.05) is 30.6 Å². The minimum atomic E-state index is -0.0340. The van der Waals surface area contributed by atoms with Crippen LogP contribution in [0.25, 0.3) is 0 Å². The van der Waals surface area contributed by atoms with Gasteiger partial charge in [-0.25, -0.2) is 0 Å². The molecule has 5 heteroatoms. The van der Waals surface area contributed by atoms with Crippen molar-refractivity contribution >= 4 is 11.7 Å². The quantitative estimate of drug-likeness (QED) is 0.839. The van der Waals surface area contributed by atoms with Crippen LogP contribution in [0, 0.1) is 6.92 Å². The number of rotatable bonds is 4. The highest BCUT2D eigenvalue weighted by atomic mass is 16.1. The first-order valence-electron chi connectivity index (χ1n) is 5.45. The highest BCUT2D eigenvalue weighted by Gasteiger charge is 2.04. The Hall–Kier alpha value is -2.17. The SMILES string of the molecule is Cc1cc(NC(=O)CCc2ccncc2)n[nH]1. The van der Waals surface area contributed by atoms with E-state index in [1.165, 1.54) is 0 Å². The first-order chi connectivity index (χ1) is 8.24. The van der Waals surface area contributed by atoms with Gasteiger partial charge in [0.15, 0.2) is 5.82 Å². The van der Waals surface area contributed by atoms with E-state index in [-0.39, 0.29) is 5.91 Å². The number of nitrogens with one attached hydrogen (secondary N) is 2. The Kier molecular flexibility index (Phi) is 3.49. The topological polar surface area (TPSA) is 70.7 Å². The molecule has 0 fully saturated rings. The van der Waals surface area contributed by atoms with Crippen LogP contribution in [0.2, 0.25) is 0 Å². The molecule has 0 atom stereocenters. The van der Waals surface area contributed by atoms with Gasteiger partial charge in [-0.15, -0.1) is 0 Å². The van der Waals surface area contributed by atoms with Crippen LogP contribution in [0.3, 0.4) is 0 Å². The van der Waals surface area contributed by atoms with Gasteiger partial charge in [-0.1, -0.05) is 0 Å². The Labute approximate surface area is 99.3 Å². The van der Waals surface area contributed by atoms with Crippen molar-refractivity contribution in [2.75, 3.05) is 5.32 Å². The third-order valence-corrected chi connectivity index (χ3v) is 2.36. The fourth-order valence-electron chi connectivity index (χ4n) is 1.49. The normalized spacial score (nSPS) is 10.2. The zero-order valence-corrected chi connectivity index (χ0v) is 9.60. The van der Waals surface area contributed by atoms with Gasteiger partial charge in [0.2, 0.25) is 5.91 Å². The average molecular weight is 230 g/mol. The van der Waals surface area contributed by atoms with Crippen molar-refractivity contribution in [3.63, 3.8) is 0 Å². The third-order valence-electron chi connectivity index (χ3n) is 2.36. The highest BCUT2D eigenvalue weighted by molar-refractivity contribution is 5.89. The summed E-state index contributed by atoms with van der Waals surface area (Å²) in [7, 11) is 0. The van der Waals surface area contributed by atoms with Crippen molar-refractivity contribution in [2.24, 2.45) is 0 Å². The largest absolute Gasteiger partial charge is 0.309 e. The lowest BCUT2D eigenvalue weighted by Gasteiger charge is -2.01. The average Bonchev–Trinajstić information content (AvgIpc) is 2.73. The van der Waals surface area contributed by atoms with Gasteiger partial charge in [0.25, 0.3) is 0 Å². The minimum Gasteiger partial charge on any atom is -0.309 e. The number of aryl methyl sites for hydroxylation is 2. The van der Waals surface area contributed by atoms with Crippen LogP contribution in [0.1, 0.15) is 17.7 Å². The summed E-state index contributed by atoms with van der Waals surface area (Å²) in [6, 6.07) is 5.61. The van der Waals surface area contributed by atoms with Gasteiger partial charge in [-0.05, 0) is 31.0 Å². The Morgan fingerprint density at radius 2 is 2.18 bits per heavy atom. The van der Waals surface area contributed by atoms with Crippen molar-refractivity contribution in [2.45, 2.75) is 19.8 Å². The Bertz CT molecular complexity index is 492. The maximum absolute atomic E-state index is 11.6. The number of hydrogen-bond donors (Lipinski definition) is 2. The van der Waals surface area contributed by atoms with E-state index >= 15 is 0 Å². The molecule has 2 N–H and O–H groups in total. The standard InChI is InChI=1S/C12H14N4O/c1-9-8-11(16-15-9)14-12(17)3-2-10-4-6-13-7-5-10/h4-8H,2-3H2,1H3,(H2,14,15,16,17). The molecule has 88 valence electrons. The second kappa shape index (κ2) is 5.25. The molecule has 1 amide bonds. The van der Waals surface area contributed by atoms with Crippen LogP contribution in [0.4, 0.5) is 5.82 Å². The number of carbonyl (C=O) groups excluding carboxylic acids is 1. The summed E-state index contributed by atoms with van der Waals surface area (Å²) in [5.41, 5.74) is 2.03. The molecule has 0 spiro atoms. The van der Waals surface area contributed by atoms with E-state index < -0.39 is 0 Å². The summed E-state index contributed by atoms with van der Waals surface area (Å²) >= 11 is 0. The number of H-pyrrole nitrogens is 1. The first-order valence-corrected chi connectivity index (χ1v) is 5.45. The molecular weight excluding hydrogens is 216 g/mol. The molecular formula is C12H14N4O. The lowest BCUT2D eigenvalue weighted by molar-refractivity contribution is -0.116. The van der Waals surface area contributed by atoms with E-state index in [1.54, 1.807) is 18.5 Å². The second-order valence-corrected chi connectivity index (χ2v) is 3.84. The molecule has 2 aromatic rings. The molecule has 0 bridgehead atoms. The monoisotopic (exact) mass is 230 g/mol. The van der Waals surface area contributed by atoms with Crippen LogP contribution in [-0.4, -0.2) is 21.1 Å². The summed E-state index contributed by atoms with van der Waals surface area (Å²) in [4.78, 5) is 15.5. The van der Waals surface area contributed by atoms with E-state index in [0.717, 1.165) is 11.3 Å².